The molecule has 0 radical (unpaired) electrons. The van der Waals surface area contributed by atoms with Crippen LogP contribution in [0.15, 0.2) is 97.1 Å². The van der Waals surface area contributed by atoms with E-state index in [1.807, 2.05) is 0 Å². The standard InChI is InChI=1S/C28H20F8N2O2/c29-25(26(30,31)27(32,33)28(34,35)36,17-1-9-21(10-2-17)39-23-13-5-19(37)6-14-23)18-3-11-22(12-4-18)40-24-15-7-20(38)8-16-24/h1-16H,37-38H2. The fourth-order valence-electron chi connectivity index (χ4n) is 3.77. The molecule has 40 heavy (non-hydrogen) atoms. The van der Waals surface area contributed by atoms with Crippen molar-refractivity contribution < 1.29 is 44.6 Å². The van der Waals surface area contributed by atoms with Gasteiger partial charge in [-0.15, -0.1) is 0 Å². The number of alkyl halides is 8. The monoisotopic (exact) mass is 568 g/mol. The highest BCUT2D eigenvalue weighted by Gasteiger charge is 2.81. The topological polar surface area (TPSA) is 70.5 Å². The molecule has 0 aliphatic rings. The highest BCUT2D eigenvalue weighted by atomic mass is 19.4. The molecule has 0 heterocycles. The molecule has 4 aromatic rings. The van der Waals surface area contributed by atoms with Crippen molar-refractivity contribution >= 4 is 11.4 Å². The van der Waals surface area contributed by atoms with Crippen LogP contribution in [0.1, 0.15) is 11.1 Å². The van der Waals surface area contributed by atoms with E-state index in [1.165, 1.54) is 48.5 Å². The largest absolute Gasteiger partial charge is 0.460 e. The van der Waals surface area contributed by atoms with Crippen molar-refractivity contribution in [3.8, 4) is 23.0 Å². The molecule has 12 heteroatoms. The van der Waals surface area contributed by atoms with E-state index in [1.54, 1.807) is 0 Å². The van der Waals surface area contributed by atoms with Crippen molar-refractivity contribution in [2.75, 3.05) is 11.5 Å². The first kappa shape index (κ1) is 28.5. The van der Waals surface area contributed by atoms with Gasteiger partial charge in [0.05, 0.1) is 0 Å². The number of hydrogen-bond acceptors (Lipinski definition) is 4. The van der Waals surface area contributed by atoms with Crippen LogP contribution in [0.25, 0.3) is 0 Å². The van der Waals surface area contributed by atoms with Gasteiger partial charge in [0.1, 0.15) is 23.0 Å². The lowest BCUT2D eigenvalue weighted by atomic mass is 9.79. The van der Waals surface area contributed by atoms with E-state index in [-0.39, 0.29) is 23.0 Å². The fraction of sp³-hybridized carbons (Fsp3) is 0.143. The van der Waals surface area contributed by atoms with Crippen molar-refractivity contribution in [3.05, 3.63) is 108 Å². The lowest BCUT2D eigenvalue weighted by Crippen LogP contribution is -2.61. The molecule has 0 fully saturated rings. The molecule has 0 saturated heterocycles. The van der Waals surface area contributed by atoms with Crippen LogP contribution in [0.4, 0.5) is 46.5 Å². The zero-order valence-electron chi connectivity index (χ0n) is 20.2. The summed E-state index contributed by atoms with van der Waals surface area (Å²) in [4.78, 5) is 0. The van der Waals surface area contributed by atoms with Gasteiger partial charge in [0, 0.05) is 22.5 Å². The summed E-state index contributed by atoms with van der Waals surface area (Å²) in [5.74, 6) is -12.6. The molecule has 0 saturated carbocycles. The number of hydrogen-bond donors (Lipinski definition) is 2. The molecule has 210 valence electrons. The summed E-state index contributed by atoms with van der Waals surface area (Å²) in [7, 11) is 0. The third-order valence-corrected chi connectivity index (χ3v) is 5.92. The van der Waals surface area contributed by atoms with Gasteiger partial charge in [0.2, 0.25) is 5.67 Å². The minimum absolute atomic E-state index is 0.0333. The molecule has 4 aromatic carbocycles. The van der Waals surface area contributed by atoms with Crippen LogP contribution in [0.5, 0.6) is 23.0 Å². The Morgan fingerprint density at radius 2 is 0.675 bits per heavy atom. The quantitative estimate of drug-likeness (QED) is 0.165. The molecule has 0 unspecified atom stereocenters. The Kier molecular flexibility index (Phi) is 7.31. The summed E-state index contributed by atoms with van der Waals surface area (Å²) < 4.78 is 125. The van der Waals surface area contributed by atoms with Gasteiger partial charge in [0.15, 0.2) is 0 Å². The second kappa shape index (κ2) is 10.2. The fourth-order valence-corrected chi connectivity index (χ4v) is 3.77. The molecule has 4 nitrogen and oxygen atoms in total. The zero-order valence-corrected chi connectivity index (χ0v) is 20.2. The second-order valence-electron chi connectivity index (χ2n) is 8.70. The average molecular weight is 568 g/mol. The van der Waals surface area contributed by atoms with Crippen LogP contribution in [-0.4, -0.2) is 18.0 Å². The molecule has 0 amide bonds. The predicted octanol–water partition coefficient (Wildman–Crippen LogP) is 8.48. The first-order valence-corrected chi connectivity index (χ1v) is 11.4. The Bertz CT molecular complexity index is 1350. The first-order chi connectivity index (χ1) is 18.6. The minimum atomic E-state index is -6.76. The van der Waals surface area contributed by atoms with Crippen LogP contribution in [-0.2, 0) is 5.67 Å². The molecule has 0 atom stereocenters. The maximum Gasteiger partial charge on any atom is 0.460 e. The van der Waals surface area contributed by atoms with Crippen LogP contribution < -0.4 is 20.9 Å². The Morgan fingerprint density at radius 3 is 0.950 bits per heavy atom. The number of nitrogens with two attached hydrogens (primary N) is 2. The van der Waals surface area contributed by atoms with E-state index in [0.29, 0.717) is 35.6 Å². The zero-order chi connectivity index (χ0) is 29.3. The summed E-state index contributed by atoms with van der Waals surface area (Å²) in [5, 5.41) is 0. The lowest BCUT2D eigenvalue weighted by Gasteiger charge is -2.39. The lowest BCUT2D eigenvalue weighted by molar-refractivity contribution is -0.377. The van der Waals surface area contributed by atoms with E-state index in [0.717, 1.165) is 24.3 Å². The summed E-state index contributed by atoms with van der Waals surface area (Å²) in [6.07, 6.45) is -6.76. The Labute approximate surface area is 222 Å². The second-order valence-corrected chi connectivity index (χ2v) is 8.70. The summed E-state index contributed by atoms with van der Waals surface area (Å²) in [5.41, 5.74) is 5.03. The summed E-state index contributed by atoms with van der Waals surface area (Å²) >= 11 is 0. The third kappa shape index (κ3) is 5.21. The molecule has 4 rings (SSSR count). The van der Waals surface area contributed by atoms with E-state index < -0.39 is 34.8 Å². The van der Waals surface area contributed by atoms with Crippen molar-refractivity contribution in [2.45, 2.75) is 23.7 Å². The van der Waals surface area contributed by atoms with Crippen molar-refractivity contribution in [2.24, 2.45) is 0 Å². The molecule has 0 spiro atoms. The van der Waals surface area contributed by atoms with Crippen LogP contribution in [0, 0.1) is 0 Å². The Hall–Kier alpha value is -4.48. The minimum Gasteiger partial charge on any atom is -0.457 e. The number of rotatable bonds is 8. The molecule has 0 aliphatic carbocycles. The van der Waals surface area contributed by atoms with Crippen molar-refractivity contribution in [1.29, 1.82) is 0 Å². The summed E-state index contributed by atoms with van der Waals surface area (Å²) in [6, 6.07) is 18.3. The SMILES string of the molecule is Nc1ccc(Oc2ccc(C(F)(c3ccc(Oc4ccc(N)cc4)cc3)C(F)(F)C(F)(F)C(F)(F)F)cc2)cc1. The average Bonchev–Trinajstić information content (AvgIpc) is 2.91. The smallest absolute Gasteiger partial charge is 0.457 e. The van der Waals surface area contributed by atoms with Gasteiger partial charge >= 0.3 is 18.0 Å². The van der Waals surface area contributed by atoms with Gasteiger partial charge in [-0.25, -0.2) is 4.39 Å². The number of ether oxygens (including phenoxy) is 2. The Balaban J connectivity index is 1.74. The normalized spacial score (nSPS) is 12.7. The summed E-state index contributed by atoms with van der Waals surface area (Å²) in [6.45, 7) is 0. The highest BCUT2D eigenvalue weighted by molar-refractivity contribution is 5.47. The van der Waals surface area contributed by atoms with Crippen LogP contribution in [0.3, 0.4) is 0 Å². The van der Waals surface area contributed by atoms with E-state index in [9.17, 15) is 22.0 Å². The molecule has 4 N–H and O–H groups in total. The number of benzene rings is 4. The van der Waals surface area contributed by atoms with Gasteiger partial charge in [-0.05, 0) is 72.8 Å². The number of anilines is 2. The number of nitrogen functional groups attached to an aromatic ring is 2. The van der Waals surface area contributed by atoms with Crippen LogP contribution >= 0.6 is 0 Å². The molecule has 0 aliphatic heterocycles. The van der Waals surface area contributed by atoms with Crippen molar-refractivity contribution in [1.82, 2.24) is 0 Å². The van der Waals surface area contributed by atoms with E-state index in [2.05, 4.69) is 0 Å². The molecular formula is C28H20F8N2O2. The maximum absolute atomic E-state index is 16.4. The molecule has 0 bridgehead atoms. The Morgan fingerprint density at radius 1 is 0.400 bits per heavy atom. The van der Waals surface area contributed by atoms with Crippen LogP contribution in [0.2, 0.25) is 0 Å². The molecular weight excluding hydrogens is 548 g/mol. The molecule has 0 aromatic heterocycles. The van der Waals surface area contributed by atoms with E-state index in [4.69, 9.17) is 20.9 Å². The van der Waals surface area contributed by atoms with Gasteiger partial charge < -0.3 is 20.9 Å². The van der Waals surface area contributed by atoms with Gasteiger partial charge in [-0.1, -0.05) is 24.3 Å². The van der Waals surface area contributed by atoms with Crippen molar-refractivity contribution in [3.63, 3.8) is 0 Å². The first-order valence-electron chi connectivity index (χ1n) is 11.4. The maximum atomic E-state index is 16.4. The highest BCUT2D eigenvalue weighted by Crippen LogP contribution is 2.58. The van der Waals surface area contributed by atoms with Gasteiger partial charge in [-0.3, -0.25) is 0 Å². The predicted molar refractivity (Wildman–Crippen MR) is 133 cm³/mol. The van der Waals surface area contributed by atoms with Gasteiger partial charge in [-0.2, -0.15) is 30.7 Å². The van der Waals surface area contributed by atoms with E-state index >= 15 is 13.2 Å². The van der Waals surface area contributed by atoms with Gasteiger partial charge in [0.25, 0.3) is 0 Å². The third-order valence-electron chi connectivity index (χ3n) is 5.92. The number of halogens is 8.